The molecule has 3 nitrogen and oxygen atoms in total. The molecule has 0 fully saturated rings. The third kappa shape index (κ3) is 3.24. The van der Waals surface area contributed by atoms with Gasteiger partial charge in [-0.05, 0) is 55.4 Å². The van der Waals surface area contributed by atoms with Crippen molar-refractivity contribution in [3.8, 4) is 0 Å². The van der Waals surface area contributed by atoms with Gasteiger partial charge in [-0.3, -0.25) is 0 Å². The van der Waals surface area contributed by atoms with Gasteiger partial charge in [0, 0.05) is 20.4 Å². The van der Waals surface area contributed by atoms with Crippen LogP contribution in [-0.4, -0.2) is 15.3 Å². The molecule has 124 valence electrons. The maximum atomic E-state index is 4.53. The molecule has 1 aromatic carbocycles. The molecule has 0 amide bonds. The highest BCUT2D eigenvalue weighted by Crippen LogP contribution is 2.41. The molecule has 2 aromatic heterocycles. The van der Waals surface area contributed by atoms with Crippen molar-refractivity contribution in [3.05, 3.63) is 45.5 Å². The quantitative estimate of drug-likeness (QED) is 0.473. The van der Waals surface area contributed by atoms with Gasteiger partial charge >= 0.3 is 0 Å². The van der Waals surface area contributed by atoms with Gasteiger partial charge in [-0.15, -0.1) is 11.3 Å². The molecule has 1 unspecified atom stereocenters. The van der Waals surface area contributed by atoms with E-state index in [9.17, 15) is 0 Å². The summed E-state index contributed by atoms with van der Waals surface area (Å²) < 4.78 is 1.06. The number of alkyl halides is 1. The highest BCUT2D eigenvalue weighted by Gasteiger charge is 2.24. The molecule has 0 radical (unpaired) electrons. The predicted molar refractivity (Wildman–Crippen MR) is 109 cm³/mol. The molecule has 6 heteroatoms. The van der Waals surface area contributed by atoms with Crippen molar-refractivity contribution < 1.29 is 0 Å². The molecule has 0 bridgehead atoms. The summed E-state index contributed by atoms with van der Waals surface area (Å²) in [5, 5.41) is 5.79. The normalized spacial score (nSPS) is 17.0. The van der Waals surface area contributed by atoms with Crippen LogP contribution in [0.2, 0.25) is 0 Å². The SMILES string of the molecule is BrCCC1CCc2c(sc3ncnc(Nc4cccc(Br)c4)c23)C1. The molecule has 0 spiro atoms. The lowest BCUT2D eigenvalue weighted by Gasteiger charge is -2.21. The molecular formula is C18H17Br2N3S. The van der Waals surface area contributed by atoms with Crippen LogP contribution in [0.1, 0.15) is 23.3 Å². The first kappa shape index (κ1) is 16.5. The Kier molecular flexibility index (Phi) is 4.88. The summed E-state index contributed by atoms with van der Waals surface area (Å²) >= 11 is 8.95. The molecule has 3 aromatic rings. The first-order chi connectivity index (χ1) is 11.7. The fourth-order valence-corrected chi connectivity index (χ4v) is 5.73. The standard InChI is InChI=1S/C18H17Br2N3S/c19-7-6-11-4-5-14-15(8-11)24-18-16(14)17(21-10-22-18)23-13-3-1-2-12(20)9-13/h1-3,9-11H,4-8H2,(H,21,22,23). The number of halogens is 2. The van der Waals surface area contributed by atoms with Crippen LogP contribution < -0.4 is 5.32 Å². The van der Waals surface area contributed by atoms with Crippen LogP contribution in [0.15, 0.2) is 35.1 Å². The van der Waals surface area contributed by atoms with Crippen molar-refractivity contribution in [2.24, 2.45) is 5.92 Å². The molecule has 0 saturated heterocycles. The third-order valence-electron chi connectivity index (χ3n) is 4.55. The Balaban J connectivity index is 1.72. The summed E-state index contributed by atoms with van der Waals surface area (Å²) in [5.74, 6) is 1.72. The molecule has 24 heavy (non-hydrogen) atoms. The molecule has 1 atom stereocenters. The second-order valence-corrected chi connectivity index (χ2v) is 8.92. The summed E-state index contributed by atoms with van der Waals surface area (Å²) in [6.45, 7) is 0. The number of aromatic nitrogens is 2. The first-order valence-corrected chi connectivity index (χ1v) is 10.8. The van der Waals surface area contributed by atoms with Gasteiger partial charge in [0.15, 0.2) is 0 Å². The van der Waals surface area contributed by atoms with Crippen molar-refractivity contribution in [2.75, 3.05) is 10.6 Å². The fourth-order valence-electron chi connectivity index (χ4n) is 3.38. The number of hydrogen-bond acceptors (Lipinski definition) is 4. The van der Waals surface area contributed by atoms with Crippen LogP contribution in [0.25, 0.3) is 10.2 Å². The van der Waals surface area contributed by atoms with E-state index in [0.717, 1.165) is 38.5 Å². The summed E-state index contributed by atoms with van der Waals surface area (Å²) in [6.07, 6.45) is 6.49. The Morgan fingerprint density at radius 1 is 1.29 bits per heavy atom. The van der Waals surface area contributed by atoms with E-state index >= 15 is 0 Å². The van der Waals surface area contributed by atoms with Crippen LogP contribution in [0.5, 0.6) is 0 Å². The number of nitrogens with zero attached hydrogens (tertiary/aromatic N) is 2. The van der Waals surface area contributed by atoms with Gasteiger partial charge in [0.05, 0.1) is 5.39 Å². The number of thiophene rings is 1. The van der Waals surface area contributed by atoms with Gasteiger partial charge in [-0.2, -0.15) is 0 Å². The molecule has 0 aliphatic heterocycles. The van der Waals surface area contributed by atoms with Crippen LogP contribution in [0.3, 0.4) is 0 Å². The Hall–Kier alpha value is -0.980. The Bertz CT molecular complexity index is 878. The van der Waals surface area contributed by atoms with Crippen LogP contribution in [0, 0.1) is 5.92 Å². The molecule has 1 aliphatic rings. The Labute approximate surface area is 162 Å². The van der Waals surface area contributed by atoms with E-state index in [2.05, 4.69) is 59.3 Å². The third-order valence-corrected chi connectivity index (χ3v) is 6.67. The molecule has 1 N–H and O–H groups in total. The van der Waals surface area contributed by atoms with Crippen molar-refractivity contribution >= 4 is 64.9 Å². The lowest BCUT2D eigenvalue weighted by Crippen LogP contribution is -2.13. The zero-order chi connectivity index (χ0) is 16.5. The largest absolute Gasteiger partial charge is 0.340 e. The number of benzene rings is 1. The van der Waals surface area contributed by atoms with E-state index in [0.29, 0.717) is 0 Å². The van der Waals surface area contributed by atoms with Gasteiger partial charge in [0.2, 0.25) is 0 Å². The molecule has 2 heterocycles. The molecule has 4 rings (SSSR count). The number of fused-ring (bicyclic) bond motifs is 3. The van der Waals surface area contributed by atoms with Crippen molar-refractivity contribution in [3.63, 3.8) is 0 Å². The van der Waals surface area contributed by atoms with Gasteiger partial charge in [0.25, 0.3) is 0 Å². The van der Waals surface area contributed by atoms with Crippen molar-refractivity contribution in [1.29, 1.82) is 0 Å². The molecule has 0 saturated carbocycles. The van der Waals surface area contributed by atoms with E-state index in [1.807, 2.05) is 23.5 Å². The number of rotatable bonds is 4. The zero-order valence-corrected chi connectivity index (χ0v) is 17.0. The predicted octanol–water partition coefficient (Wildman–Crippen LogP) is 6.09. The summed E-state index contributed by atoms with van der Waals surface area (Å²) in [4.78, 5) is 11.7. The summed E-state index contributed by atoms with van der Waals surface area (Å²) in [7, 11) is 0. The average Bonchev–Trinajstić information content (AvgIpc) is 2.94. The Morgan fingerprint density at radius 3 is 3.04 bits per heavy atom. The average molecular weight is 467 g/mol. The highest BCUT2D eigenvalue weighted by molar-refractivity contribution is 9.10. The highest BCUT2D eigenvalue weighted by atomic mass is 79.9. The van der Waals surface area contributed by atoms with Crippen LogP contribution >= 0.6 is 43.2 Å². The van der Waals surface area contributed by atoms with Crippen LogP contribution in [0.4, 0.5) is 11.5 Å². The minimum Gasteiger partial charge on any atom is -0.340 e. The van der Waals surface area contributed by atoms with E-state index in [-0.39, 0.29) is 0 Å². The van der Waals surface area contributed by atoms with Gasteiger partial charge in [-0.1, -0.05) is 37.9 Å². The Morgan fingerprint density at radius 2 is 2.21 bits per heavy atom. The van der Waals surface area contributed by atoms with E-state index < -0.39 is 0 Å². The minimum absolute atomic E-state index is 0.791. The van der Waals surface area contributed by atoms with E-state index in [1.165, 1.54) is 35.1 Å². The summed E-state index contributed by atoms with van der Waals surface area (Å²) in [5.41, 5.74) is 2.50. The first-order valence-electron chi connectivity index (χ1n) is 8.08. The number of nitrogens with one attached hydrogen (secondary N) is 1. The zero-order valence-electron chi connectivity index (χ0n) is 13.1. The molecular weight excluding hydrogens is 450 g/mol. The van der Waals surface area contributed by atoms with Crippen molar-refractivity contribution in [1.82, 2.24) is 9.97 Å². The van der Waals surface area contributed by atoms with Gasteiger partial charge in [-0.25, -0.2) is 9.97 Å². The number of anilines is 2. The monoisotopic (exact) mass is 465 g/mol. The second-order valence-electron chi connectivity index (χ2n) is 6.13. The smallest absolute Gasteiger partial charge is 0.142 e. The van der Waals surface area contributed by atoms with Crippen LogP contribution in [-0.2, 0) is 12.8 Å². The second kappa shape index (κ2) is 7.10. The van der Waals surface area contributed by atoms with Gasteiger partial charge < -0.3 is 5.32 Å². The molecule has 1 aliphatic carbocycles. The lowest BCUT2D eigenvalue weighted by molar-refractivity contribution is 0.455. The van der Waals surface area contributed by atoms with E-state index in [1.54, 1.807) is 6.33 Å². The minimum atomic E-state index is 0.791. The maximum absolute atomic E-state index is 4.53. The topological polar surface area (TPSA) is 37.8 Å². The maximum Gasteiger partial charge on any atom is 0.142 e. The van der Waals surface area contributed by atoms with E-state index in [4.69, 9.17) is 0 Å². The van der Waals surface area contributed by atoms with Gasteiger partial charge in [0.1, 0.15) is 17.0 Å². The lowest BCUT2D eigenvalue weighted by atomic mass is 9.86. The summed E-state index contributed by atoms with van der Waals surface area (Å²) in [6, 6.07) is 8.18. The van der Waals surface area contributed by atoms with Crippen molar-refractivity contribution in [2.45, 2.75) is 25.7 Å². The number of aryl methyl sites for hydroxylation is 1. The fraction of sp³-hybridized carbons (Fsp3) is 0.333. The number of hydrogen-bond donors (Lipinski definition) is 1.